The number of carbonyl (C=O) groups is 1. The van der Waals surface area contributed by atoms with Crippen LogP contribution in [0.2, 0.25) is 0 Å². The lowest BCUT2D eigenvalue weighted by molar-refractivity contribution is -0.174. The number of amides is 1. The van der Waals surface area contributed by atoms with E-state index in [1.165, 1.54) is 4.90 Å². The molecule has 2 aliphatic heterocycles. The lowest BCUT2D eigenvalue weighted by Crippen LogP contribution is -2.46. The predicted octanol–water partition coefficient (Wildman–Crippen LogP) is 6.35. The Morgan fingerprint density at radius 1 is 1.02 bits per heavy atom. The minimum Gasteiger partial charge on any atom is -0.494 e. The zero-order valence-electron chi connectivity index (χ0n) is 23.1. The summed E-state index contributed by atoms with van der Waals surface area (Å²) in [4.78, 5) is 13.2. The molecular weight excluding hydrogens is 510 g/mol. The lowest BCUT2D eigenvalue weighted by atomic mass is 9.87. The van der Waals surface area contributed by atoms with Crippen LogP contribution in [0.3, 0.4) is 0 Å². The van der Waals surface area contributed by atoms with Crippen LogP contribution in [0, 0.1) is 0 Å². The van der Waals surface area contributed by atoms with E-state index < -0.39 is 12.4 Å². The molecule has 0 radical (unpaired) electrons. The molecule has 4 unspecified atom stereocenters. The quantitative estimate of drug-likeness (QED) is 0.220. The maximum atomic E-state index is 11.8. The van der Waals surface area contributed by atoms with E-state index in [0.29, 0.717) is 26.2 Å². The van der Waals surface area contributed by atoms with Crippen LogP contribution in [0.1, 0.15) is 55.4 Å². The third kappa shape index (κ3) is 7.31. The van der Waals surface area contributed by atoms with E-state index in [1.54, 1.807) is 7.11 Å². The van der Waals surface area contributed by atoms with Crippen molar-refractivity contribution >= 4 is 16.9 Å². The summed E-state index contributed by atoms with van der Waals surface area (Å²) in [5, 5.41) is 11.9. The molecule has 1 N–H and O–H groups in total. The number of carboxylic acid groups (broad SMARTS) is 1. The molecule has 214 valence electrons. The number of ether oxygens (including phenoxy) is 5. The van der Waals surface area contributed by atoms with Crippen LogP contribution in [0.15, 0.2) is 66.7 Å². The molecule has 0 saturated carbocycles. The highest BCUT2D eigenvalue weighted by Crippen LogP contribution is 2.35. The highest BCUT2D eigenvalue weighted by Gasteiger charge is 2.35. The Labute approximate surface area is 235 Å². The number of piperidine rings is 1. The summed E-state index contributed by atoms with van der Waals surface area (Å²) >= 11 is 0. The van der Waals surface area contributed by atoms with Crippen molar-refractivity contribution in [3.63, 3.8) is 0 Å². The Morgan fingerprint density at radius 2 is 1.85 bits per heavy atom. The number of fused-ring (bicyclic) bond motifs is 1. The Bertz CT molecular complexity index is 1230. The fraction of sp³-hybridized carbons (Fsp3) is 0.469. The fourth-order valence-corrected chi connectivity index (χ4v) is 5.51. The van der Waals surface area contributed by atoms with Crippen molar-refractivity contribution < 1.29 is 33.6 Å². The van der Waals surface area contributed by atoms with Gasteiger partial charge in [0.2, 0.25) is 0 Å². The molecule has 0 spiro atoms. The topological polar surface area (TPSA) is 86.7 Å². The van der Waals surface area contributed by atoms with Gasteiger partial charge >= 0.3 is 6.09 Å². The van der Waals surface area contributed by atoms with Crippen LogP contribution >= 0.6 is 0 Å². The average molecular weight is 550 g/mol. The number of hydrogen-bond acceptors (Lipinski definition) is 6. The average Bonchev–Trinajstić information content (AvgIpc) is 3.00. The molecule has 3 aromatic rings. The summed E-state index contributed by atoms with van der Waals surface area (Å²) in [6.45, 7) is 2.69. The number of methoxy groups -OCH3 is 1. The number of benzene rings is 3. The second-order valence-electron chi connectivity index (χ2n) is 10.4. The molecule has 2 heterocycles. The second-order valence-corrected chi connectivity index (χ2v) is 10.4. The van der Waals surface area contributed by atoms with Gasteiger partial charge in [-0.25, -0.2) is 4.79 Å². The van der Waals surface area contributed by atoms with Crippen LogP contribution in [0.5, 0.6) is 5.75 Å². The van der Waals surface area contributed by atoms with Gasteiger partial charge < -0.3 is 33.7 Å². The van der Waals surface area contributed by atoms with Crippen molar-refractivity contribution in [1.82, 2.24) is 4.90 Å². The first-order valence-electron chi connectivity index (χ1n) is 14.2. The van der Waals surface area contributed by atoms with Crippen LogP contribution < -0.4 is 4.74 Å². The first-order chi connectivity index (χ1) is 19.6. The highest BCUT2D eigenvalue weighted by atomic mass is 16.7. The third-order valence-electron chi connectivity index (χ3n) is 7.70. The minimum atomic E-state index is -0.936. The largest absolute Gasteiger partial charge is 0.494 e. The molecule has 0 aliphatic carbocycles. The smallest absolute Gasteiger partial charge is 0.407 e. The van der Waals surface area contributed by atoms with Crippen LogP contribution in [-0.2, 0) is 18.9 Å². The molecule has 8 nitrogen and oxygen atoms in total. The van der Waals surface area contributed by atoms with Crippen molar-refractivity contribution in [3.8, 4) is 5.75 Å². The van der Waals surface area contributed by atoms with Crippen molar-refractivity contribution in [1.29, 1.82) is 0 Å². The number of nitrogens with zero attached hydrogens (tertiary/aromatic N) is 1. The molecule has 0 bridgehead atoms. The molecule has 2 saturated heterocycles. The van der Waals surface area contributed by atoms with E-state index in [1.807, 2.05) is 30.3 Å². The maximum absolute atomic E-state index is 11.8. The van der Waals surface area contributed by atoms with Crippen molar-refractivity contribution in [2.24, 2.45) is 0 Å². The number of hydrogen-bond donors (Lipinski definition) is 1. The van der Waals surface area contributed by atoms with Crippen LogP contribution in [0.25, 0.3) is 10.8 Å². The highest BCUT2D eigenvalue weighted by molar-refractivity contribution is 5.83. The Morgan fingerprint density at radius 3 is 2.60 bits per heavy atom. The summed E-state index contributed by atoms with van der Waals surface area (Å²) in [5.74, 6) is 0.815. The van der Waals surface area contributed by atoms with E-state index in [9.17, 15) is 9.90 Å². The van der Waals surface area contributed by atoms with E-state index >= 15 is 0 Å². The zero-order chi connectivity index (χ0) is 27.7. The molecule has 8 heteroatoms. The number of rotatable bonds is 11. The van der Waals surface area contributed by atoms with E-state index in [-0.39, 0.29) is 24.9 Å². The van der Waals surface area contributed by atoms with Gasteiger partial charge in [0, 0.05) is 38.2 Å². The molecular formula is C32H39NO7. The van der Waals surface area contributed by atoms with Gasteiger partial charge in [-0.15, -0.1) is 0 Å². The molecule has 4 atom stereocenters. The Balaban J connectivity index is 1.21. The van der Waals surface area contributed by atoms with Gasteiger partial charge in [0.1, 0.15) is 5.75 Å². The summed E-state index contributed by atoms with van der Waals surface area (Å²) in [6.07, 6.45) is 2.69. The summed E-state index contributed by atoms with van der Waals surface area (Å²) in [7, 11) is 1.62. The Hall–Kier alpha value is -3.17. The zero-order valence-corrected chi connectivity index (χ0v) is 23.1. The molecule has 2 fully saturated rings. The monoisotopic (exact) mass is 549 g/mol. The first kappa shape index (κ1) is 28.4. The summed E-state index contributed by atoms with van der Waals surface area (Å²) < 4.78 is 29.6. The predicted molar refractivity (Wildman–Crippen MR) is 152 cm³/mol. The van der Waals surface area contributed by atoms with Gasteiger partial charge in [0.05, 0.1) is 25.9 Å². The maximum Gasteiger partial charge on any atom is 0.407 e. The molecule has 2 aliphatic rings. The Kier molecular flexibility index (Phi) is 9.89. The SMILES string of the molecule is COC(OC1CN(C(=O)O)CCC1c1ccc(OCCCOC2CCCCO2)cc1)c1ccc2ccccc2c1. The van der Waals surface area contributed by atoms with E-state index in [0.717, 1.165) is 59.9 Å². The lowest BCUT2D eigenvalue weighted by Gasteiger charge is -2.39. The van der Waals surface area contributed by atoms with Gasteiger partial charge in [-0.3, -0.25) is 0 Å². The third-order valence-corrected chi connectivity index (χ3v) is 7.70. The van der Waals surface area contributed by atoms with E-state index in [4.69, 9.17) is 23.7 Å². The van der Waals surface area contributed by atoms with Crippen molar-refractivity contribution in [2.75, 3.05) is 40.0 Å². The first-order valence-corrected chi connectivity index (χ1v) is 14.2. The normalized spacial score (nSPS) is 22.2. The van der Waals surface area contributed by atoms with Gasteiger partial charge in [-0.05, 0) is 60.2 Å². The minimum absolute atomic E-state index is 0.0200. The van der Waals surface area contributed by atoms with Crippen molar-refractivity contribution in [3.05, 3.63) is 77.9 Å². The van der Waals surface area contributed by atoms with Gasteiger partial charge in [0.25, 0.3) is 0 Å². The second kappa shape index (κ2) is 13.9. The van der Waals surface area contributed by atoms with Crippen molar-refractivity contribution in [2.45, 2.75) is 56.7 Å². The summed E-state index contributed by atoms with van der Waals surface area (Å²) in [5.41, 5.74) is 1.99. The van der Waals surface area contributed by atoms with Gasteiger partial charge in [0.15, 0.2) is 12.6 Å². The van der Waals surface area contributed by atoms with Crippen LogP contribution in [-0.4, -0.2) is 68.5 Å². The standard InChI is InChI=1S/C32H39NO7/c1-36-31(26-11-10-23-7-2-3-8-25(23)21-26)40-29-22-33(32(34)35)17-16-28(29)24-12-14-27(15-13-24)37-19-6-20-39-30-9-4-5-18-38-30/h2-3,7-8,10-15,21,28-31H,4-6,9,16-20,22H2,1H3,(H,34,35). The number of likely N-dealkylation sites (tertiary alicyclic amines) is 1. The van der Waals surface area contributed by atoms with Gasteiger partial charge in [-0.1, -0.05) is 48.5 Å². The molecule has 0 aromatic heterocycles. The molecule has 40 heavy (non-hydrogen) atoms. The molecule has 1 amide bonds. The summed E-state index contributed by atoms with van der Waals surface area (Å²) in [6, 6.07) is 22.3. The van der Waals surface area contributed by atoms with Gasteiger partial charge in [-0.2, -0.15) is 0 Å². The molecule has 3 aromatic carbocycles. The molecule has 5 rings (SSSR count). The van der Waals surface area contributed by atoms with Crippen LogP contribution in [0.4, 0.5) is 4.79 Å². The fourth-order valence-electron chi connectivity index (χ4n) is 5.51. The van der Waals surface area contributed by atoms with E-state index in [2.05, 4.69) is 36.4 Å².